The fourth-order valence-corrected chi connectivity index (χ4v) is 1.80. The Labute approximate surface area is 114 Å². The molecule has 0 unspecified atom stereocenters. The first kappa shape index (κ1) is 14.0. The SMILES string of the molecule is CC(=O)Nc1cc(NC(=O)C2(C(=O)O)CC2)ccc1F. The van der Waals surface area contributed by atoms with Crippen molar-refractivity contribution in [3.63, 3.8) is 0 Å². The van der Waals surface area contributed by atoms with Gasteiger partial charge >= 0.3 is 5.97 Å². The number of aliphatic carboxylic acids is 1. The summed E-state index contributed by atoms with van der Waals surface area (Å²) in [4.78, 5) is 33.8. The molecule has 20 heavy (non-hydrogen) atoms. The Morgan fingerprint density at radius 1 is 1.25 bits per heavy atom. The minimum atomic E-state index is -1.37. The summed E-state index contributed by atoms with van der Waals surface area (Å²) in [6.45, 7) is 1.23. The number of rotatable bonds is 4. The van der Waals surface area contributed by atoms with Crippen LogP contribution in [0.1, 0.15) is 19.8 Å². The van der Waals surface area contributed by atoms with Crippen molar-refractivity contribution in [3.8, 4) is 0 Å². The van der Waals surface area contributed by atoms with Crippen molar-refractivity contribution in [3.05, 3.63) is 24.0 Å². The normalized spacial score (nSPS) is 15.3. The minimum absolute atomic E-state index is 0.0736. The zero-order valence-electron chi connectivity index (χ0n) is 10.7. The lowest BCUT2D eigenvalue weighted by atomic mass is 10.1. The molecular formula is C13H13FN2O4. The smallest absolute Gasteiger partial charge is 0.319 e. The maximum absolute atomic E-state index is 13.4. The van der Waals surface area contributed by atoms with Crippen LogP contribution in [0.5, 0.6) is 0 Å². The van der Waals surface area contributed by atoms with Crippen molar-refractivity contribution in [2.75, 3.05) is 10.6 Å². The Morgan fingerprint density at radius 3 is 2.40 bits per heavy atom. The molecule has 1 aliphatic rings. The molecule has 2 rings (SSSR count). The number of hydrogen-bond donors (Lipinski definition) is 3. The van der Waals surface area contributed by atoms with Crippen LogP contribution in [-0.4, -0.2) is 22.9 Å². The van der Waals surface area contributed by atoms with Crippen LogP contribution in [0.4, 0.5) is 15.8 Å². The second-order valence-corrected chi connectivity index (χ2v) is 4.72. The first-order valence-corrected chi connectivity index (χ1v) is 5.97. The number of benzene rings is 1. The Hall–Kier alpha value is -2.44. The van der Waals surface area contributed by atoms with Crippen molar-refractivity contribution < 1.29 is 23.9 Å². The number of halogens is 1. The maximum Gasteiger partial charge on any atom is 0.319 e. The van der Waals surface area contributed by atoms with Crippen LogP contribution in [0.2, 0.25) is 0 Å². The molecule has 0 aliphatic heterocycles. The van der Waals surface area contributed by atoms with E-state index in [-0.39, 0.29) is 24.2 Å². The van der Waals surface area contributed by atoms with Crippen LogP contribution >= 0.6 is 0 Å². The third kappa shape index (κ3) is 2.61. The zero-order chi connectivity index (χ0) is 14.9. The first-order valence-electron chi connectivity index (χ1n) is 5.97. The van der Waals surface area contributed by atoms with E-state index < -0.39 is 29.0 Å². The molecule has 0 saturated heterocycles. The highest BCUT2D eigenvalue weighted by atomic mass is 19.1. The highest BCUT2D eigenvalue weighted by molar-refractivity contribution is 6.11. The van der Waals surface area contributed by atoms with E-state index in [9.17, 15) is 18.8 Å². The van der Waals surface area contributed by atoms with Gasteiger partial charge in [-0.25, -0.2) is 4.39 Å². The summed E-state index contributed by atoms with van der Waals surface area (Å²) in [5, 5.41) is 13.7. The van der Waals surface area contributed by atoms with Gasteiger partial charge in [-0.2, -0.15) is 0 Å². The van der Waals surface area contributed by atoms with Gasteiger partial charge in [-0.3, -0.25) is 14.4 Å². The fraction of sp³-hybridized carbons (Fsp3) is 0.308. The Bertz CT molecular complexity index is 596. The second kappa shape index (κ2) is 4.92. The summed E-state index contributed by atoms with van der Waals surface area (Å²) in [6.07, 6.45) is 0.571. The average molecular weight is 280 g/mol. The van der Waals surface area contributed by atoms with Gasteiger partial charge in [-0.05, 0) is 31.0 Å². The van der Waals surface area contributed by atoms with Crippen molar-refractivity contribution >= 4 is 29.2 Å². The largest absolute Gasteiger partial charge is 0.480 e. The second-order valence-electron chi connectivity index (χ2n) is 4.72. The number of carboxylic acid groups (broad SMARTS) is 1. The average Bonchev–Trinajstić information content (AvgIpc) is 3.14. The molecule has 7 heteroatoms. The molecule has 0 atom stereocenters. The predicted octanol–water partition coefficient (Wildman–Crippen LogP) is 1.59. The predicted molar refractivity (Wildman–Crippen MR) is 68.6 cm³/mol. The third-order valence-electron chi connectivity index (χ3n) is 3.13. The van der Waals surface area contributed by atoms with E-state index in [1.165, 1.54) is 19.1 Å². The maximum atomic E-state index is 13.4. The van der Waals surface area contributed by atoms with Gasteiger partial charge in [-0.15, -0.1) is 0 Å². The van der Waals surface area contributed by atoms with E-state index in [2.05, 4.69) is 10.6 Å². The third-order valence-corrected chi connectivity index (χ3v) is 3.13. The minimum Gasteiger partial charge on any atom is -0.480 e. The summed E-state index contributed by atoms with van der Waals surface area (Å²) >= 11 is 0. The molecule has 1 aromatic carbocycles. The molecule has 0 spiro atoms. The molecule has 1 aromatic rings. The molecule has 3 N–H and O–H groups in total. The molecule has 1 fully saturated rings. The first-order chi connectivity index (χ1) is 9.35. The quantitative estimate of drug-likeness (QED) is 0.730. The van der Waals surface area contributed by atoms with Crippen molar-refractivity contribution in [1.29, 1.82) is 0 Å². The van der Waals surface area contributed by atoms with Crippen LogP contribution in [-0.2, 0) is 14.4 Å². The summed E-state index contributed by atoms with van der Waals surface area (Å²) in [5.41, 5.74) is -1.22. The van der Waals surface area contributed by atoms with E-state index >= 15 is 0 Å². The van der Waals surface area contributed by atoms with E-state index in [0.29, 0.717) is 0 Å². The number of carbonyl (C=O) groups excluding carboxylic acids is 2. The number of nitrogens with one attached hydrogen (secondary N) is 2. The molecule has 2 amide bonds. The Morgan fingerprint density at radius 2 is 1.90 bits per heavy atom. The van der Waals surface area contributed by atoms with Crippen LogP contribution in [0.25, 0.3) is 0 Å². The van der Waals surface area contributed by atoms with E-state index in [1.807, 2.05) is 0 Å². The highest BCUT2D eigenvalue weighted by Gasteiger charge is 2.57. The molecule has 106 valence electrons. The van der Waals surface area contributed by atoms with Gasteiger partial charge in [0.25, 0.3) is 0 Å². The molecule has 0 bridgehead atoms. The summed E-state index contributed by atoms with van der Waals surface area (Å²) in [6, 6.07) is 3.63. The van der Waals surface area contributed by atoms with E-state index in [4.69, 9.17) is 5.11 Å². The van der Waals surface area contributed by atoms with Gasteiger partial charge < -0.3 is 15.7 Å². The molecule has 1 saturated carbocycles. The van der Waals surface area contributed by atoms with Crippen LogP contribution in [0.15, 0.2) is 18.2 Å². The van der Waals surface area contributed by atoms with Crippen molar-refractivity contribution in [1.82, 2.24) is 0 Å². The van der Waals surface area contributed by atoms with Gasteiger partial charge in [0.15, 0.2) is 0 Å². The molecule has 0 radical (unpaired) electrons. The lowest BCUT2D eigenvalue weighted by Crippen LogP contribution is -2.31. The molecular weight excluding hydrogens is 267 g/mol. The fourth-order valence-electron chi connectivity index (χ4n) is 1.80. The topological polar surface area (TPSA) is 95.5 Å². The number of hydrogen-bond acceptors (Lipinski definition) is 3. The molecule has 6 nitrogen and oxygen atoms in total. The number of carboxylic acids is 1. The van der Waals surface area contributed by atoms with Crippen LogP contribution in [0.3, 0.4) is 0 Å². The molecule has 0 aromatic heterocycles. The van der Waals surface area contributed by atoms with Crippen LogP contribution in [0, 0.1) is 11.2 Å². The van der Waals surface area contributed by atoms with Crippen molar-refractivity contribution in [2.45, 2.75) is 19.8 Å². The summed E-state index contributed by atoms with van der Waals surface area (Å²) < 4.78 is 13.4. The lowest BCUT2D eigenvalue weighted by Gasteiger charge is -2.12. The van der Waals surface area contributed by atoms with E-state index in [0.717, 1.165) is 6.07 Å². The van der Waals surface area contributed by atoms with Gasteiger partial charge in [0, 0.05) is 12.6 Å². The lowest BCUT2D eigenvalue weighted by molar-refractivity contribution is -0.147. The van der Waals surface area contributed by atoms with Gasteiger partial charge in [0.1, 0.15) is 11.2 Å². The Balaban J connectivity index is 2.16. The number of carbonyl (C=O) groups is 3. The van der Waals surface area contributed by atoms with E-state index in [1.54, 1.807) is 0 Å². The van der Waals surface area contributed by atoms with Crippen LogP contribution < -0.4 is 10.6 Å². The molecule has 1 aliphatic carbocycles. The van der Waals surface area contributed by atoms with Crippen molar-refractivity contribution in [2.24, 2.45) is 5.41 Å². The standard InChI is InChI=1S/C13H13FN2O4/c1-7(17)15-10-6-8(2-3-9(10)14)16-11(18)13(4-5-13)12(19)20/h2-3,6H,4-5H2,1H3,(H,15,17)(H,16,18)(H,19,20). The van der Waals surface area contributed by atoms with Gasteiger partial charge in [0.2, 0.25) is 11.8 Å². The summed E-state index contributed by atoms with van der Waals surface area (Å²) in [5.74, 6) is -2.89. The van der Waals surface area contributed by atoms with Gasteiger partial charge in [0.05, 0.1) is 5.69 Å². The van der Waals surface area contributed by atoms with Gasteiger partial charge in [-0.1, -0.05) is 0 Å². The monoisotopic (exact) mass is 280 g/mol. The molecule has 0 heterocycles. The number of anilines is 2. The zero-order valence-corrected chi connectivity index (χ0v) is 10.7. The Kier molecular flexibility index (Phi) is 3.44. The highest BCUT2D eigenvalue weighted by Crippen LogP contribution is 2.46. The number of amides is 2. The summed E-state index contributed by atoms with van der Waals surface area (Å²) in [7, 11) is 0.